The lowest BCUT2D eigenvalue weighted by Gasteiger charge is -2.36. The Labute approximate surface area is 236 Å². The number of aromatic nitrogens is 1. The molecule has 2 heterocycles. The molecule has 4 rings (SSSR count). The number of rotatable bonds is 7. The van der Waals surface area contributed by atoms with Crippen molar-refractivity contribution in [3.8, 4) is 0 Å². The Morgan fingerprint density at radius 1 is 0.975 bits per heavy atom. The van der Waals surface area contributed by atoms with Crippen molar-refractivity contribution in [2.24, 2.45) is 0 Å². The highest BCUT2D eigenvalue weighted by molar-refractivity contribution is 5.94. The summed E-state index contributed by atoms with van der Waals surface area (Å²) in [7, 11) is 0. The molecule has 214 valence electrons. The third-order valence-electron chi connectivity index (χ3n) is 7.50. The van der Waals surface area contributed by atoms with Crippen LogP contribution in [0.3, 0.4) is 0 Å². The van der Waals surface area contributed by atoms with E-state index in [0.29, 0.717) is 25.4 Å². The third kappa shape index (κ3) is 7.03. The highest BCUT2D eigenvalue weighted by Crippen LogP contribution is 2.29. The summed E-state index contributed by atoms with van der Waals surface area (Å²) in [4.78, 5) is 45.2. The van der Waals surface area contributed by atoms with Crippen LogP contribution in [0, 0.1) is 6.92 Å². The Morgan fingerprint density at radius 2 is 1.60 bits per heavy atom. The van der Waals surface area contributed by atoms with Gasteiger partial charge in [-0.15, -0.1) is 0 Å². The van der Waals surface area contributed by atoms with Gasteiger partial charge in [-0.1, -0.05) is 48.5 Å². The molecule has 0 spiro atoms. The number of benzene rings is 2. The van der Waals surface area contributed by atoms with Crippen molar-refractivity contribution < 1.29 is 19.1 Å². The van der Waals surface area contributed by atoms with E-state index in [9.17, 15) is 14.4 Å². The van der Waals surface area contributed by atoms with E-state index in [4.69, 9.17) is 4.74 Å². The molecular formula is C32H42N4O4. The van der Waals surface area contributed by atoms with Crippen molar-refractivity contribution in [1.29, 1.82) is 0 Å². The first-order valence-corrected chi connectivity index (χ1v) is 14.1. The Kier molecular flexibility index (Phi) is 8.57. The number of aromatic amines is 1. The predicted molar refractivity (Wildman–Crippen MR) is 157 cm³/mol. The normalized spacial score (nSPS) is 15.5. The maximum absolute atomic E-state index is 14.0. The first-order valence-electron chi connectivity index (χ1n) is 14.1. The smallest absolute Gasteiger partial charge is 0.408 e. The zero-order valence-corrected chi connectivity index (χ0v) is 24.5. The van der Waals surface area contributed by atoms with Gasteiger partial charge in [0.15, 0.2) is 0 Å². The van der Waals surface area contributed by atoms with E-state index in [-0.39, 0.29) is 5.91 Å². The van der Waals surface area contributed by atoms with Gasteiger partial charge in [-0.2, -0.15) is 0 Å². The number of piperidine rings is 1. The molecule has 0 radical (unpaired) electrons. The van der Waals surface area contributed by atoms with E-state index < -0.39 is 29.2 Å². The molecule has 2 aromatic carbocycles. The monoisotopic (exact) mass is 546 g/mol. The minimum atomic E-state index is -1.30. The second-order valence-electron chi connectivity index (χ2n) is 12.3. The van der Waals surface area contributed by atoms with Gasteiger partial charge >= 0.3 is 6.09 Å². The molecule has 0 bridgehead atoms. The molecule has 0 unspecified atom stereocenters. The van der Waals surface area contributed by atoms with Crippen LogP contribution < -0.4 is 10.6 Å². The fourth-order valence-electron chi connectivity index (χ4n) is 5.33. The van der Waals surface area contributed by atoms with Gasteiger partial charge in [-0.3, -0.25) is 9.59 Å². The van der Waals surface area contributed by atoms with Gasteiger partial charge in [-0.05, 0) is 77.5 Å². The summed E-state index contributed by atoms with van der Waals surface area (Å²) in [6, 6.07) is 17.6. The van der Waals surface area contributed by atoms with Crippen molar-refractivity contribution >= 4 is 28.8 Å². The standard InChI is InChI=1S/C32H42N4O4/c1-21-25(24-14-10-11-15-26(24)33-21)20-27(34-29(38)32(5,6)35-30(39)40-31(2,3)4)28(37)36-18-16-23(17-19-36)22-12-8-7-9-13-22/h7-15,23,27,33H,16-20H2,1-6H3,(H,34,38)(H,35,39)/t27-/m1/s1. The number of aryl methyl sites for hydroxylation is 1. The Hall–Kier alpha value is -3.81. The molecule has 40 heavy (non-hydrogen) atoms. The zero-order valence-electron chi connectivity index (χ0n) is 24.5. The number of nitrogens with one attached hydrogen (secondary N) is 3. The van der Waals surface area contributed by atoms with E-state index in [1.165, 1.54) is 5.56 Å². The van der Waals surface area contributed by atoms with Crippen molar-refractivity contribution in [3.05, 3.63) is 71.4 Å². The van der Waals surface area contributed by atoms with Crippen LogP contribution in [0.25, 0.3) is 10.9 Å². The molecular weight excluding hydrogens is 504 g/mol. The predicted octanol–water partition coefficient (Wildman–Crippen LogP) is 5.21. The molecule has 8 heteroatoms. The molecule has 3 aromatic rings. The largest absolute Gasteiger partial charge is 0.444 e. The molecule has 1 fully saturated rings. The van der Waals surface area contributed by atoms with Gasteiger partial charge in [0.05, 0.1) is 0 Å². The van der Waals surface area contributed by atoms with Crippen LogP contribution >= 0.6 is 0 Å². The Bertz CT molecular complexity index is 1350. The van der Waals surface area contributed by atoms with Gasteiger partial charge in [0.1, 0.15) is 17.2 Å². The molecule has 1 aromatic heterocycles. The quantitative estimate of drug-likeness (QED) is 0.378. The zero-order chi connectivity index (χ0) is 29.1. The number of carbonyl (C=O) groups is 3. The molecule has 8 nitrogen and oxygen atoms in total. The SMILES string of the molecule is Cc1[nH]c2ccccc2c1C[C@@H](NC(=O)C(C)(C)NC(=O)OC(C)(C)C)C(=O)N1CCC(c2ccccc2)CC1. The van der Waals surface area contributed by atoms with Gasteiger partial charge in [0, 0.05) is 36.1 Å². The second kappa shape index (κ2) is 11.7. The number of hydrogen-bond donors (Lipinski definition) is 3. The molecule has 1 atom stereocenters. The number of ether oxygens (including phenoxy) is 1. The Balaban J connectivity index is 1.53. The summed E-state index contributed by atoms with van der Waals surface area (Å²) in [5.41, 5.74) is 2.24. The maximum Gasteiger partial charge on any atom is 0.408 e. The van der Waals surface area contributed by atoms with Crippen LogP contribution in [0.2, 0.25) is 0 Å². The summed E-state index contributed by atoms with van der Waals surface area (Å²) in [5.74, 6) is -0.155. The van der Waals surface area contributed by atoms with E-state index in [0.717, 1.165) is 35.0 Å². The summed E-state index contributed by atoms with van der Waals surface area (Å²) in [6.07, 6.45) is 1.38. The van der Waals surface area contributed by atoms with Crippen molar-refractivity contribution in [1.82, 2.24) is 20.5 Å². The molecule has 3 N–H and O–H groups in total. The number of alkyl carbamates (subject to hydrolysis) is 1. The van der Waals surface area contributed by atoms with Crippen LogP contribution in [-0.4, -0.2) is 58.1 Å². The third-order valence-corrected chi connectivity index (χ3v) is 7.50. The number of hydrogen-bond acceptors (Lipinski definition) is 4. The summed E-state index contributed by atoms with van der Waals surface area (Å²) < 4.78 is 5.36. The van der Waals surface area contributed by atoms with Crippen molar-refractivity contribution in [2.45, 2.75) is 83.9 Å². The first kappa shape index (κ1) is 29.2. The van der Waals surface area contributed by atoms with E-state index in [2.05, 4.69) is 39.9 Å². The minimum Gasteiger partial charge on any atom is -0.444 e. The van der Waals surface area contributed by atoms with E-state index in [1.54, 1.807) is 34.6 Å². The molecule has 1 saturated heterocycles. The number of likely N-dealkylation sites (tertiary alicyclic amines) is 1. The number of H-pyrrole nitrogens is 1. The first-order chi connectivity index (χ1) is 18.8. The van der Waals surface area contributed by atoms with Crippen LogP contribution in [-0.2, 0) is 20.7 Å². The average molecular weight is 547 g/mol. The van der Waals surface area contributed by atoms with Crippen molar-refractivity contribution in [2.75, 3.05) is 13.1 Å². The molecule has 1 aliphatic rings. The van der Waals surface area contributed by atoms with Gasteiger partial charge in [0.2, 0.25) is 11.8 Å². The van der Waals surface area contributed by atoms with Gasteiger partial charge in [0.25, 0.3) is 0 Å². The summed E-state index contributed by atoms with van der Waals surface area (Å²) in [6.45, 7) is 11.7. The van der Waals surface area contributed by atoms with Crippen LogP contribution in [0.15, 0.2) is 54.6 Å². The minimum absolute atomic E-state index is 0.113. The summed E-state index contributed by atoms with van der Waals surface area (Å²) >= 11 is 0. The Morgan fingerprint density at radius 3 is 2.25 bits per heavy atom. The fourth-order valence-corrected chi connectivity index (χ4v) is 5.33. The van der Waals surface area contributed by atoms with E-state index >= 15 is 0 Å². The summed E-state index contributed by atoms with van der Waals surface area (Å²) in [5, 5.41) is 6.67. The molecule has 3 amide bonds. The number of carbonyl (C=O) groups excluding carboxylic acids is 3. The van der Waals surface area contributed by atoms with E-state index in [1.807, 2.05) is 42.2 Å². The lowest BCUT2D eigenvalue weighted by Crippen LogP contribution is -2.60. The van der Waals surface area contributed by atoms with Gasteiger partial charge in [-0.25, -0.2) is 4.79 Å². The highest BCUT2D eigenvalue weighted by Gasteiger charge is 2.37. The number of amides is 3. The number of fused-ring (bicyclic) bond motifs is 1. The lowest BCUT2D eigenvalue weighted by molar-refractivity contribution is -0.138. The average Bonchev–Trinajstić information content (AvgIpc) is 3.21. The fraction of sp³-hybridized carbons (Fsp3) is 0.469. The topological polar surface area (TPSA) is 104 Å². The van der Waals surface area contributed by atoms with Crippen LogP contribution in [0.5, 0.6) is 0 Å². The maximum atomic E-state index is 14.0. The van der Waals surface area contributed by atoms with Crippen LogP contribution in [0.1, 0.15) is 70.2 Å². The molecule has 1 aliphatic heterocycles. The number of nitrogens with zero attached hydrogens (tertiary/aromatic N) is 1. The highest BCUT2D eigenvalue weighted by atomic mass is 16.6. The molecule has 0 saturated carbocycles. The number of para-hydroxylation sites is 1. The van der Waals surface area contributed by atoms with Crippen LogP contribution in [0.4, 0.5) is 4.79 Å². The van der Waals surface area contributed by atoms with Gasteiger partial charge < -0.3 is 25.3 Å². The molecule has 0 aliphatic carbocycles. The second-order valence-corrected chi connectivity index (χ2v) is 12.3. The lowest BCUT2D eigenvalue weighted by atomic mass is 9.89. The van der Waals surface area contributed by atoms with Crippen molar-refractivity contribution in [3.63, 3.8) is 0 Å².